The number of ether oxygens (including phenoxy) is 1. The molecule has 0 spiro atoms. The van der Waals surface area contributed by atoms with Crippen molar-refractivity contribution in [3.8, 4) is 5.75 Å². The highest BCUT2D eigenvalue weighted by Crippen LogP contribution is 2.18. The molecule has 3 rings (SSSR count). The minimum atomic E-state index is -0.256. The molecule has 0 fully saturated rings. The maximum absolute atomic E-state index is 12.2. The smallest absolute Gasteiger partial charge is 0.307 e. The Balaban J connectivity index is 1.61. The van der Waals surface area contributed by atoms with Gasteiger partial charge in [0.1, 0.15) is 18.9 Å². The molecule has 7 heteroatoms. The van der Waals surface area contributed by atoms with E-state index in [1.807, 2.05) is 18.2 Å². The lowest BCUT2D eigenvalue weighted by Gasteiger charge is -2.10. The lowest BCUT2D eigenvalue weighted by molar-refractivity contribution is -0.116. The summed E-state index contributed by atoms with van der Waals surface area (Å²) in [6.45, 7) is 2.20. The first kappa shape index (κ1) is 16.9. The van der Waals surface area contributed by atoms with Crippen molar-refractivity contribution in [3.63, 3.8) is 0 Å². The SMILES string of the molecule is Cc1csc(=O)n1CC(=O)Nc1cccc(OCc2cccnc2)c1. The first-order valence-electron chi connectivity index (χ1n) is 7.68. The Bertz CT molecular complexity index is 919. The highest BCUT2D eigenvalue weighted by molar-refractivity contribution is 7.07. The summed E-state index contributed by atoms with van der Waals surface area (Å²) in [4.78, 5) is 27.7. The Hall–Kier alpha value is -2.93. The quantitative estimate of drug-likeness (QED) is 0.738. The van der Waals surface area contributed by atoms with Crippen LogP contribution in [0.25, 0.3) is 0 Å². The zero-order valence-corrected chi connectivity index (χ0v) is 14.5. The Morgan fingerprint density at radius 2 is 2.20 bits per heavy atom. The lowest BCUT2D eigenvalue weighted by Crippen LogP contribution is -2.25. The number of nitrogens with one attached hydrogen (secondary N) is 1. The number of nitrogens with zero attached hydrogens (tertiary/aromatic N) is 2. The molecule has 1 amide bonds. The lowest BCUT2D eigenvalue weighted by atomic mass is 10.3. The van der Waals surface area contributed by atoms with E-state index in [9.17, 15) is 9.59 Å². The minimum absolute atomic E-state index is 0.00502. The van der Waals surface area contributed by atoms with Gasteiger partial charge < -0.3 is 10.1 Å². The van der Waals surface area contributed by atoms with Crippen LogP contribution >= 0.6 is 11.3 Å². The molecule has 0 atom stereocenters. The van der Waals surface area contributed by atoms with Crippen molar-refractivity contribution in [2.75, 3.05) is 5.32 Å². The van der Waals surface area contributed by atoms with Crippen LogP contribution in [0.5, 0.6) is 5.75 Å². The van der Waals surface area contributed by atoms with E-state index >= 15 is 0 Å². The van der Waals surface area contributed by atoms with E-state index in [-0.39, 0.29) is 17.3 Å². The Morgan fingerprint density at radius 1 is 1.32 bits per heavy atom. The van der Waals surface area contributed by atoms with E-state index in [1.165, 1.54) is 4.57 Å². The third-order valence-corrected chi connectivity index (χ3v) is 4.41. The van der Waals surface area contributed by atoms with Gasteiger partial charge in [-0.1, -0.05) is 23.5 Å². The van der Waals surface area contributed by atoms with Gasteiger partial charge >= 0.3 is 4.87 Å². The summed E-state index contributed by atoms with van der Waals surface area (Å²) >= 11 is 1.09. The van der Waals surface area contributed by atoms with Crippen molar-refractivity contribution < 1.29 is 9.53 Å². The second-order valence-corrected chi connectivity index (χ2v) is 6.28. The van der Waals surface area contributed by atoms with E-state index in [1.54, 1.807) is 42.9 Å². The number of amides is 1. The van der Waals surface area contributed by atoms with Gasteiger partial charge in [0.05, 0.1) is 0 Å². The van der Waals surface area contributed by atoms with Gasteiger partial charge in [0.2, 0.25) is 5.91 Å². The zero-order valence-electron chi connectivity index (χ0n) is 13.6. The number of anilines is 1. The summed E-state index contributed by atoms with van der Waals surface area (Å²) in [6, 6.07) is 10.9. The molecule has 128 valence electrons. The molecule has 6 nitrogen and oxygen atoms in total. The zero-order chi connectivity index (χ0) is 17.6. The first-order chi connectivity index (χ1) is 12.1. The molecular weight excluding hydrogens is 338 g/mol. The molecule has 0 saturated carbocycles. The topological polar surface area (TPSA) is 73.2 Å². The highest BCUT2D eigenvalue weighted by atomic mass is 32.1. The van der Waals surface area contributed by atoms with Crippen LogP contribution in [0.3, 0.4) is 0 Å². The van der Waals surface area contributed by atoms with Crippen LogP contribution in [0.15, 0.2) is 59.0 Å². The number of hydrogen-bond acceptors (Lipinski definition) is 5. The molecule has 0 unspecified atom stereocenters. The third kappa shape index (κ3) is 4.54. The van der Waals surface area contributed by atoms with Crippen LogP contribution in [-0.4, -0.2) is 15.5 Å². The van der Waals surface area contributed by atoms with Gasteiger partial charge in [0.15, 0.2) is 0 Å². The predicted octanol–water partition coefficient (Wildman–Crippen LogP) is 2.83. The molecule has 0 saturated heterocycles. The highest BCUT2D eigenvalue weighted by Gasteiger charge is 2.09. The normalized spacial score (nSPS) is 10.4. The van der Waals surface area contributed by atoms with E-state index in [4.69, 9.17) is 4.74 Å². The molecule has 0 aliphatic carbocycles. The summed E-state index contributed by atoms with van der Waals surface area (Å²) in [5, 5.41) is 4.53. The maximum Gasteiger partial charge on any atom is 0.307 e. The van der Waals surface area contributed by atoms with Crippen molar-refractivity contribution in [2.45, 2.75) is 20.1 Å². The second kappa shape index (κ2) is 7.76. The van der Waals surface area contributed by atoms with Crippen molar-refractivity contribution in [2.24, 2.45) is 0 Å². The molecule has 3 aromatic rings. The average Bonchev–Trinajstić information content (AvgIpc) is 2.93. The van der Waals surface area contributed by atoms with Crippen LogP contribution in [0.4, 0.5) is 5.69 Å². The standard InChI is InChI=1S/C18H17N3O3S/c1-13-12-25-18(23)21(13)10-17(22)20-15-5-2-6-16(8-15)24-11-14-4-3-7-19-9-14/h2-9,12H,10-11H2,1H3,(H,20,22). The fourth-order valence-electron chi connectivity index (χ4n) is 2.25. The minimum Gasteiger partial charge on any atom is -0.489 e. The predicted molar refractivity (Wildman–Crippen MR) is 97.0 cm³/mol. The van der Waals surface area contributed by atoms with Crippen molar-refractivity contribution in [1.29, 1.82) is 0 Å². The van der Waals surface area contributed by atoms with Gasteiger partial charge in [-0.15, -0.1) is 0 Å². The first-order valence-corrected chi connectivity index (χ1v) is 8.56. The van der Waals surface area contributed by atoms with E-state index < -0.39 is 0 Å². The molecule has 0 radical (unpaired) electrons. The summed E-state index contributed by atoms with van der Waals surface area (Å²) in [6.07, 6.45) is 3.45. The van der Waals surface area contributed by atoms with Crippen LogP contribution in [0, 0.1) is 6.92 Å². The molecule has 25 heavy (non-hydrogen) atoms. The summed E-state index contributed by atoms with van der Waals surface area (Å²) in [7, 11) is 0. The fourth-order valence-corrected chi connectivity index (χ4v) is 2.99. The van der Waals surface area contributed by atoms with Gasteiger partial charge in [0.25, 0.3) is 0 Å². The van der Waals surface area contributed by atoms with Gasteiger partial charge in [0, 0.05) is 40.8 Å². The van der Waals surface area contributed by atoms with Crippen molar-refractivity contribution in [1.82, 2.24) is 9.55 Å². The van der Waals surface area contributed by atoms with Gasteiger partial charge in [-0.25, -0.2) is 0 Å². The van der Waals surface area contributed by atoms with Crippen molar-refractivity contribution in [3.05, 3.63) is 75.1 Å². The monoisotopic (exact) mass is 355 g/mol. The summed E-state index contributed by atoms with van der Waals surface area (Å²) in [5.74, 6) is 0.388. The number of aromatic nitrogens is 2. The van der Waals surface area contributed by atoms with E-state index in [2.05, 4.69) is 10.3 Å². The van der Waals surface area contributed by atoms with Crippen molar-refractivity contribution >= 4 is 22.9 Å². The molecule has 0 bridgehead atoms. The summed E-state index contributed by atoms with van der Waals surface area (Å²) < 4.78 is 7.16. The Labute approximate surface area is 148 Å². The van der Waals surface area contributed by atoms with Crippen LogP contribution in [0.1, 0.15) is 11.3 Å². The molecule has 1 N–H and O–H groups in total. The number of benzene rings is 1. The second-order valence-electron chi connectivity index (χ2n) is 5.46. The average molecular weight is 355 g/mol. The molecular formula is C18H17N3O3S. The number of rotatable bonds is 6. The number of pyridine rings is 1. The number of aryl methyl sites for hydroxylation is 1. The molecule has 2 heterocycles. The van der Waals surface area contributed by atoms with Crippen LogP contribution in [-0.2, 0) is 17.9 Å². The maximum atomic E-state index is 12.2. The fraction of sp³-hybridized carbons (Fsp3) is 0.167. The largest absolute Gasteiger partial charge is 0.489 e. The number of carbonyl (C=O) groups is 1. The Morgan fingerprint density at radius 3 is 2.92 bits per heavy atom. The number of thiazole rings is 1. The third-order valence-electron chi connectivity index (χ3n) is 3.52. The molecule has 2 aromatic heterocycles. The van der Waals surface area contributed by atoms with Crippen LogP contribution in [0.2, 0.25) is 0 Å². The molecule has 0 aliphatic heterocycles. The molecule has 1 aromatic carbocycles. The summed E-state index contributed by atoms with van der Waals surface area (Å²) in [5.41, 5.74) is 2.36. The van der Waals surface area contributed by atoms with Gasteiger partial charge in [-0.05, 0) is 25.1 Å². The van der Waals surface area contributed by atoms with Crippen LogP contribution < -0.4 is 14.9 Å². The van der Waals surface area contributed by atoms with Gasteiger partial charge in [-0.2, -0.15) is 0 Å². The molecule has 0 aliphatic rings. The van der Waals surface area contributed by atoms with E-state index in [0.717, 1.165) is 22.6 Å². The number of carbonyl (C=O) groups excluding carboxylic acids is 1. The van der Waals surface area contributed by atoms with E-state index in [0.29, 0.717) is 18.0 Å². The number of hydrogen-bond donors (Lipinski definition) is 1. The van der Waals surface area contributed by atoms with Gasteiger partial charge in [-0.3, -0.25) is 19.1 Å². The Kier molecular flexibility index (Phi) is 5.25.